The van der Waals surface area contributed by atoms with Crippen molar-refractivity contribution in [1.29, 1.82) is 0 Å². The summed E-state index contributed by atoms with van der Waals surface area (Å²) < 4.78 is 6.78. The van der Waals surface area contributed by atoms with E-state index in [1.54, 1.807) is 0 Å². The molecular weight excluding hydrogens is 434 g/mol. The summed E-state index contributed by atoms with van der Waals surface area (Å²) in [4.78, 5) is 13.8. The number of nitrogens with zero attached hydrogens (tertiary/aromatic N) is 4. The molecule has 9 heteroatoms. The fraction of sp³-hybridized carbons (Fsp3) is 0.458. The number of piperidine rings is 1. The van der Waals surface area contributed by atoms with Gasteiger partial charge in [-0.05, 0) is 44.5 Å². The lowest BCUT2D eigenvalue weighted by molar-refractivity contribution is 0.122. The molecule has 1 aromatic carbocycles. The van der Waals surface area contributed by atoms with E-state index in [2.05, 4.69) is 37.9 Å². The van der Waals surface area contributed by atoms with Gasteiger partial charge in [-0.15, -0.1) is 11.3 Å². The van der Waals surface area contributed by atoms with E-state index in [9.17, 15) is 0 Å². The van der Waals surface area contributed by atoms with E-state index in [0.717, 1.165) is 86.0 Å². The Morgan fingerprint density at radius 3 is 2.91 bits per heavy atom. The van der Waals surface area contributed by atoms with Crippen LogP contribution in [0.2, 0.25) is 0 Å². The van der Waals surface area contributed by atoms with Crippen molar-refractivity contribution in [2.75, 3.05) is 50.8 Å². The van der Waals surface area contributed by atoms with Crippen LogP contribution in [0, 0.1) is 0 Å². The average Bonchev–Trinajstić information content (AvgIpc) is 3.51. The summed E-state index contributed by atoms with van der Waals surface area (Å²) in [5.74, 6) is 1.79. The van der Waals surface area contributed by atoms with E-state index in [-0.39, 0.29) is 0 Å². The summed E-state index contributed by atoms with van der Waals surface area (Å²) in [7, 11) is 0. The molecule has 0 unspecified atom stereocenters. The Morgan fingerprint density at radius 1 is 1.15 bits per heavy atom. The minimum absolute atomic E-state index is 0.631. The minimum atomic E-state index is 0.631. The van der Waals surface area contributed by atoms with Gasteiger partial charge in [0.2, 0.25) is 0 Å². The van der Waals surface area contributed by atoms with E-state index in [1.165, 1.54) is 22.4 Å². The van der Waals surface area contributed by atoms with E-state index in [4.69, 9.17) is 14.7 Å². The first-order valence-electron chi connectivity index (χ1n) is 11.8. The zero-order valence-electron chi connectivity index (χ0n) is 18.6. The van der Waals surface area contributed by atoms with Crippen molar-refractivity contribution < 1.29 is 4.74 Å². The third-order valence-corrected chi connectivity index (χ3v) is 7.76. The van der Waals surface area contributed by atoms with Gasteiger partial charge in [-0.25, -0.2) is 9.97 Å². The largest absolute Gasteiger partial charge is 0.378 e. The number of thiophene rings is 1. The minimum Gasteiger partial charge on any atom is -0.378 e. The molecule has 5 heterocycles. The van der Waals surface area contributed by atoms with Crippen LogP contribution in [-0.2, 0) is 11.2 Å². The molecule has 2 aliphatic rings. The van der Waals surface area contributed by atoms with Gasteiger partial charge < -0.3 is 20.3 Å². The Labute approximate surface area is 196 Å². The molecule has 8 nitrogen and oxygen atoms in total. The third kappa shape index (κ3) is 4.33. The predicted octanol–water partition coefficient (Wildman–Crippen LogP) is 2.96. The first-order chi connectivity index (χ1) is 16.3. The topological polar surface area (TPSA) is 91.0 Å². The highest BCUT2D eigenvalue weighted by molar-refractivity contribution is 7.19. The number of anilines is 1. The number of fused-ring (bicyclic) bond motifs is 2. The molecule has 0 radical (unpaired) electrons. The number of ether oxygens (including phenoxy) is 1. The van der Waals surface area contributed by atoms with Crippen molar-refractivity contribution in [3.8, 4) is 11.4 Å². The van der Waals surface area contributed by atoms with E-state index in [0.29, 0.717) is 6.04 Å². The molecule has 33 heavy (non-hydrogen) atoms. The maximum Gasteiger partial charge on any atom is 0.162 e. The summed E-state index contributed by atoms with van der Waals surface area (Å²) in [6.07, 6.45) is 5.29. The highest BCUT2D eigenvalue weighted by atomic mass is 32.1. The molecular formula is C24H29N7OS. The van der Waals surface area contributed by atoms with Gasteiger partial charge >= 0.3 is 0 Å². The number of hydrogen-bond donors (Lipinski definition) is 3. The molecule has 172 valence electrons. The van der Waals surface area contributed by atoms with Gasteiger partial charge in [0.1, 0.15) is 0 Å². The second kappa shape index (κ2) is 9.34. The number of rotatable bonds is 6. The molecule has 0 aliphatic carbocycles. The number of morpholine rings is 1. The zero-order chi connectivity index (χ0) is 22.0. The molecule has 2 aliphatic heterocycles. The second-order valence-corrected chi connectivity index (χ2v) is 9.90. The molecule has 0 bridgehead atoms. The number of H-pyrrole nitrogens is 1. The molecule has 0 saturated carbocycles. The van der Waals surface area contributed by atoms with Crippen molar-refractivity contribution in [2.45, 2.75) is 25.3 Å². The highest BCUT2D eigenvalue weighted by Gasteiger charge is 2.21. The SMILES string of the molecule is c1cc(-c2nc(N3CCOCC3)c3sc(CCNC4CCNCC4)cc3n2)c2cn[nH]c2c1. The van der Waals surface area contributed by atoms with Crippen LogP contribution in [-0.4, -0.2) is 72.1 Å². The molecule has 4 aromatic rings. The summed E-state index contributed by atoms with van der Waals surface area (Å²) >= 11 is 1.83. The standard InChI is InChI=1S/C24H29N7OS/c1-2-18(19-15-27-30-20(19)3-1)23-28-21-14-17(6-9-26-16-4-7-25-8-5-16)33-22(21)24(29-23)31-10-12-32-13-11-31/h1-3,14-16,25-26H,4-13H2,(H,27,30). The lowest BCUT2D eigenvalue weighted by Gasteiger charge is -2.28. The first kappa shape index (κ1) is 21.0. The van der Waals surface area contributed by atoms with Crippen LogP contribution in [0.15, 0.2) is 30.5 Å². The molecule has 0 spiro atoms. The monoisotopic (exact) mass is 463 g/mol. The molecule has 0 amide bonds. The lowest BCUT2D eigenvalue weighted by Crippen LogP contribution is -2.40. The van der Waals surface area contributed by atoms with E-state index in [1.807, 2.05) is 29.7 Å². The molecule has 6 rings (SSSR count). The smallest absolute Gasteiger partial charge is 0.162 e. The fourth-order valence-electron chi connectivity index (χ4n) is 4.79. The van der Waals surface area contributed by atoms with E-state index >= 15 is 0 Å². The van der Waals surface area contributed by atoms with Crippen LogP contribution in [0.3, 0.4) is 0 Å². The summed E-state index contributed by atoms with van der Waals surface area (Å²) in [6, 6.07) is 9.04. The Balaban J connectivity index is 1.34. The van der Waals surface area contributed by atoms with Crippen molar-refractivity contribution >= 4 is 38.3 Å². The Kier molecular flexibility index (Phi) is 5.94. The predicted molar refractivity (Wildman–Crippen MR) is 133 cm³/mol. The number of benzene rings is 1. The molecule has 0 atom stereocenters. The third-order valence-electron chi connectivity index (χ3n) is 6.58. The zero-order valence-corrected chi connectivity index (χ0v) is 19.5. The number of aromatic nitrogens is 4. The van der Waals surface area contributed by atoms with Crippen LogP contribution < -0.4 is 15.5 Å². The normalized spacial score (nSPS) is 17.9. The van der Waals surface area contributed by atoms with Gasteiger partial charge in [0.05, 0.1) is 35.1 Å². The van der Waals surface area contributed by atoms with Crippen molar-refractivity contribution in [1.82, 2.24) is 30.8 Å². The number of aromatic amines is 1. The summed E-state index contributed by atoms with van der Waals surface area (Å²) in [5, 5.41) is 15.5. The number of nitrogens with one attached hydrogen (secondary N) is 3. The van der Waals surface area contributed by atoms with Crippen molar-refractivity contribution in [3.63, 3.8) is 0 Å². The van der Waals surface area contributed by atoms with Crippen molar-refractivity contribution in [3.05, 3.63) is 35.3 Å². The number of hydrogen-bond acceptors (Lipinski definition) is 8. The van der Waals surface area contributed by atoms with Crippen LogP contribution >= 0.6 is 11.3 Å². The van der Waals surface area contributed by atoms with Gasteiger partial charge in [0.25, 0.3) is 0 Å². The van der Waals surface area contributed by atoms with E-state index < -0.39 is 0 Å². The van der Waals surface area contributed by atoms with Gasteiger partial charge in [-0.1, -0.05) is 12.1 Å². The van der Waals surface area contributed by atoms with Gasteiger partial charge in [-0.3, -0.25) is 5.10 Å². The Morgan fingerprint density at radius 2 is 2.03 bits per heavy atom. The van der Waals surface area contributed by atoms with Crippen molar-refractivity contribution in [2.24, 2.45) is 0 Å². The van der Waals surface area contributed by atoms with Gasteiger partial charge in [0, 0.05) is 41.5 Å². The second-order valence-electron chi connectivity index (χ2n) is 8.76. The van der Waals surface area contributed by atoms with Crippen LogP contribution in [0.1, 0.15) is 17.7 Å². The van der Waals surface area contributed by atoms with Gasteiger partial charge in [0.15, 0.2) is 11.6 Å². The van der Waals surface area contributed by atoms with Gasteiger partial charge in [-0.2, -0.15) is 5.10 Å². The van der Waals surface area contributed by atoms with Crippen LogP contribution in [0.25, 0.3) is 32.5 Å². The molecule has 3 aromatic heterocycles. The maximum absolute atomic E-state index is 5.60. The summed E-state index contributed by atoms with van der Waals surface area (Å²) in [5.41, 5.74) is 3.04. The molecule has 3 N–H and O–H groups in total. The maximum atomic E-state index is 5.60. The van der Waals surface area contributed by atoms with Crippen LogP contribution in [0.4, 0.5) is 5.82 Å². The quantitative estimate of drug-likeness (QED) is 0.405. The average molecular weight is 464 g/mol. The molecule has 2 saturated heterocycles. The summed E-state index contributed by atoms with van der Waals surface area (Å²) in [6.45, 7) is 6.40. The molecule has 2 fully saturated rings. The Bertz CT molecular complexity index is 1240. The highest BCUT2D eigenvalue weighted by Crippen LogP contribution is 2.36. The Hall–Kier alpha value is -2.59. The fourth-order valence-corrected chi connectivity index (χ4v) is 5.90. The van der Waals surface area contributed by atoms with Crippen LogP contribution in [0.5, 0.6) is 0 Å². The lowest BCUT2D eigenvalue weighted by atomic mass is 10.1. The first-order valence-corrected chi connectivity index (χ1v) is 12.7.